The predicted molar refractivity (Wildman–Crippen MR) is 143 cm³/mol. The Morgan fingerprint density at radius 1 is 0.973 bits per heavy atom. The Balaban J connectivity index is 1.69. The van der Waals surface area contributed by atoms with Gasteiger partial charge in [0.1, 0.15) is 17.0 Å². The number of rotatable bonds is 7. The van der Waals surface area contributed by atoms with Gasteiger partial charge in [0.25, 0.3) is 5.69 Å². The lowest BCUT2D eigenvalue weighted by Gasteiger charge is -2.10. The number of non-ortho nitro benzene ring substituents is 1. The van der Waals surface area contributed by atoms with Crippen LogP contribution in [0.3, 0.4) is 0 Å². The van der Waals surface area contributed by atoms with Gasteiger partial charge in [0, 0.05) is 17.7 Å². The molecule has 1 heterocycles. The van der Waals surface area contributed by atoms with Gasteiger partial charge in [-0.15, -0.1) is 0 Å². The number of amides is 1. The minimum absolute atomic E-state index is 0.0251. The highest BCUT2D eigenvalue weighted by Crippen LogP contribution is 2.38. The fourth-order valence-corrected chi connectivity index (χ4v) is 4.04. The third-order valence-corrected chi connectivity index (χ3v) is 5.72. The second-order valence-corrected chi connectivity index (χ2v) is 8.05. The van der Waals surface area contributed by atoms with Gasteiger partial charge in [0.05, 0.1) is 22.6 Å². The zero-order valence-electron chi connectivity index (χ0n) is 19.8. The minimum atomic E-state index is -0.616. The molecule has 2 N–H and O–H groups in total. The van der Waals surface area contributed by atoms with Gasteiger partial charge in [-0.05, 0) is 35.9 Å². The van der Waals surface area contributed by atoms with Crippen molar-refractivity contribution in [3.63, 3.8) is 0 Å². The second-order valence-electron chi connectivity index (χ2n) is 8.05. The first kappa shape index (κ1) is 23.6. The maximum Gasteiger partial charge on any atom is 0.411 e. The summed E-state index contributed by atoms with van der Waals surface area (Å²) in [4.78, 5) is 23.1. The lowest BCUT2D eigenvalue weighted by Crippen LogP contribution is -2.16. The molecule has 0 saturated heterocycles. The molecule has 0 unspecified atom stereocenters. The SMILES string of the molecule is CCOC(=O)Nc1c(/C(=N/Nc2ccc([N+](=O)[O-])cc2)c2ccccc2)oc2ccc3ccccc3c12. The largest absolute Gasteiger partial charge is 0.452 e. The van der Waals surface area contributed by atoms with E-state index < -0.39 is 11.0 Å². The van der Waals surface area contributed by atoms with Crippen LogP contribution in [0.1, 0.15) is 18.2 Å². The lowest BCUT2D eigenvalue weighted by molar-refractivity contribution is -0.384. The number of fused-ring (bicyclic) bond motifs is 3. The van der Waals surface area contributed by atoms with Gasteiger partial charge < -0.3 is 9.15 Å². The number of hydrogen-bond donors (Lipinski definition) is 2. The number of benzene rings is 4. The quantitative estimate of drug-likeness (QED) is 0.144. The summed E-state index contributed by atoms with van der Waals surface area (Å²) in [6.45, 7) is 1.94. The number of nitro benzene ring substituents is 1. The molecule has 0 bridgehead atoms. The summed E-state index contributed by atoms with van der Waals surface area (Å²) in [6.07, 6.45) is -0.616. The number of nitro groups is 1. The molecule has 5 aromatic rings. The summed E-state index contributed by atoms with van der Waals surface area (Å²) in [5.41, 5.74) is 5.62. The number of nitrogens with one attached hydrogen (secondary N) is 2. The summed E-state index contributed by atoms with van der Waals surface area (Å²) >= 11 is 0. The number of ether oxygens (including phenoxy) is 1. The van der Waals surface area contributed by atoms with Crippen LogP contribution < -0.4 is 10.7 Å². The average molecular weight is 495 g/mol. The molecule has 9 heteroatoms. The van der Waals surface area contributed by atoms with Crippen molar-refractivity contribution in [2.45, 2.75) is 6.92 Å². The van der Waals surface area contributed by atoms with E-state index in [9.17, 15) is 14.9 Å². The Morgan fingerprint density at radius 3 is 2.43 bits per heavy atom. The van der Waals surface area contributed by atoms with Crippen molar-refractivity contribution in [3.8, 4) is 0 Å². The smallest absolute Gasteiger partial charge is 0.411 e. The molecule has 0 saturated carbocycles. The molecular weight excluding hydrogens is 472 g/mol. The average Bonchev–Trinajstić information content (AvgIpc) is 3.28. The molecule has 37 heavy (non-hydrogen) atoms. The van der Waals surface area contributed by atoms with Crippen LogP contribution in [0.2, 0.25) is 0 Å². The maximum absolute atomic E-state index is 12.6. The molecule has 9 nitrogen and oxygen atoms in total. The highest BCUT2D eigenvalue weighted by Gasteiger charge is 2.24. The van der Waals surface area contributed by atoms with E-state index in [4.69, 9.17) is 9.15 Å². The van der Waals surface area contributed by atoms with Crippen LogP contribution in [0.25, 0.3) is 21.7 Å². The summed E-state index contributed by atoms with van der Waals surface area (Å²) in [7, 11) is 0. The minimum Gasteiger partial charge on any atom is -0.452 e. The number of furan rings is 1. The van der Waals surface area contributed by atoms with Crippen molar-refractivity contribution in [2.75, 3.05) is 17.3 Å². The van der Waals surface area contributed by atoms with E-state index in [0.29, 0.717) is 28.4 Å². The summed E-state index contributed by atoms with van der Waals surface area (Å²) in [5, 5.41) is 21.1. The van der Waals surface area contributed by atoms with Gasteiger partial charge in [0.15, 0.2) is 5.76 Å². The van der Waals surface area contributed by atoms with Crippen LogP contribution in [0.4, 0.5) is 21.9 Å². The van der Waals surface area contributed by atoms with E-state index in [-0.39, 0.29) is 12.3 Å². The number of anilines is 2. The van der Waals surface area contributed by atoms with Crippen LogP contribution in [-0.4, -0.2) is 23.3 Å². The van der Waals surface area contributed by atoms with E-state index in [1.807, 2.05) is 66.7 Å². The number of hydrazone groups is 1. The molecule has 0 atom stereocenters. The normalized spacial score (nSPS) is 11.4. The third kappa shape index (κ3) is 4.83. The Labute approximate surface area is 211 Å². The molecule has 0 radical (unpaired) electrons. The number of nitrogens with zero attached hydrogens (tertiary/aromatic N) is 2. The molecule has 0 fully saturated rings. The zero-order valence-corrected chi connectivity index (χ0v) is 19.8. The first-order chi connectivity index (χ1) is 18.0. The molecule has 0 aliphatic heterocycles. The van der Waals surface area contributed by atoms with Crippen molar-refractivity contribution >= 4 is 50.6 Å². The Bertz CT molecular complexity index is 1630. The molecule has 4 aromatic carbocycles. The highest BCUT2D eigenvalue weighted by atomic mass is 16.6. The summed E-state index contributed by atoms with van der Waals surface area (Å²) < 4.78 is 11.5. The Kier molecular flexibility index (Phi) is 6.50. The molecule has 0 aliphatic rings. The van der Waals surface area contributed by atoms with Crippen LogP contribution in [0, 0.1) is 10.1 Å². The second kappa shape index (κ2) is 10.2. The van der Waals surface area contributed by atoms with Crippen LogP contribution in [0.5, 0.6) is 0 Å². The Hall–Kier alpha value is -5.18. The molecule has 1 aromatic heterocycles. The number of carbonyl (C=O) groups is 1. The molecule has 0 aliphatic carbocycles. The van der Waals surface area contributed by atoms with Gasteiger partial charge in [-0.1, -0.05) is 60.7 Å². The van der Waals surface area contributed by atoms with Gasteiger partial charge in [-0.25, -0.2) is 4.79 Å². The van der Waals surface area contributed by atoms with Crippen molar-refractivity contribution in [3.05, 3.63) is 112 Å². The standard InChI is InChI=1S/C28H22N4O5/c1-2-36-28(33)29-26-24-22-11-7-6-8-18(22)12-17-23(24)37-27(26)25(19-9-4-3-5-10-19)31-30-20-13-15-21(16-14-20)32(34)35/h3-17,30H,2H2,1H3,(H,29,33)/b31-25+. The molecule has 184 valence electrons. The predicted octanol–water partition coefficient (Wildman–Crippen LogP) is 6.93. The fraction of sp³-hybridized carbons (Fsp3) is 0.0714. The van der Waals surface area contributed by atoms with Crippen molar-refractivity contribution in [1.29, 1.82) is 0 Å². The van der Waals surface area contributed by atoms with Gasteiger partial charge in [-0.3, -0.25) is 20.9 Å². The first-order valence-electron chi connectivity index (χ1n) is 11.6. The number of carbonyl (C=O) groups excluding carboxylic acids is 1. The van der Waals surface area contributed by atoms with Gasteiger partial charge >= 0.3 is 6.09 Å². The molecule has 5 rings (SSSR count). The monoisotopic (exact) mass is 494 g/mol. The van der Waals surface area contributed by atoms with Gasteiger partial charge in [-0.2, -0.15) is 5.10 Å². The van der Waals surface area contributed by atoms with Crippen molar-refractivity contribution in [2.24, 2.45) is 5.10 Å². The van der Waals surface area contributed by atoms with E-state index in [1.165, 1.54) is 12.1 Å². The molecule has 0 spiro atoms. The maximum atomic E-state index is 12.6. The number of hydrogen-bond acceptors (Lipinski definition) is 7. The zero-order chi connectivity index (χ0) is 25.8. The van der Waals surface area contributed by atoms with Crippen LogP contribution >= 0.6 is 0 Å². The van der Waals surface area contributed by atoms with E-state index in [0.717, 1.165) is 21.7 Å². The van der Waals surface area contributed by atoms with Crippen molar-refractivity contribution < 1.29 is 18.9 Å². The summed E-state index contributed by atoms with van der Waals surface area (Å²) in [5.74, 6) is 0.333. The topological polar surface area (TPSA) is 119 Å². The van der Waals surface area contributed by atoms with Crippen LogP contribution in [0.15, 0.2) is 101 Å². The first-order valence-corrected chi connectivity index (χ1v) is 11.6. The Morgan fingerprint density at radius 2 is 1.70 bits per heavy atom. The van der Waals surface area contributed by atoms with Crippen LogP contribution in [-0.2, 0) is 4.74 Å². The van der Waals surface area contributed by atoms with E-state index >= 15 is 0 Å². The van der Waals surface area contributed by atoms with E-state index in [2.05, 4.69) is 15.8 Å². The highest BCUT2D eigenvalue weighted by molar-refractivity contribution is 6.23. The third-order valence-electron chi connectivity index (χ3n) is 5.72. The summed E-state index contributed by atoms with van der Waals surface area (Å²) in [6, 6.07) is 26.9. The fourth-order valence-electron chi connectivity index (χ4n) is 4.04. The van der Waals surface area contributed by atoms with E-state index in [1.54, 1.807) is 19.1 Å². The molecule has 1 amide bonds. The van der Waals surface area contributed by atoms with Crippen molar-refractivity contribution in [1.82, 2.24) is 0 Å². The lowest BCUT2D eigenvalue weighted by atomic mass is 10.0. The molecular formula is C28H22N4O5. The van der Waals surface area contributed by atoms with Gasteiger partial charge in [0.2, 0.25) is 0 Å².